The Balaban J connectivity index is 1.35. The maximum absolute atomic E-state index is 3.43. The summed E-state index contributed by atoms with van der Waals surface area (Å²) in [4.78, 5) is 5.27. The average Bonchev–Trinajstić information content (AvgIpc) is 2.56. The van der Waals surface area contributed by atoms with Crippen molar-refractivity contribution in [3.05, 3.63) is 35.9 Å². The number of nitrogens with one attached hydrogen (secondary N) is 1. The zero-order valence-electron chi connectivity index (χ0n) is 13.1. The van der Waals surface area contributed by atoms with E-state index < -0.39 is 0 Å². The van der Waals surface area contributed by atoms with Crippen molar-refractivity contribution in [2.75, 3.05) is 52.4 Å². The van der Waals surface area contributed by atoms with E-state index in [0.717, 1.165) is 5.92 Å². The normalized spacial score (nSPS) is 22.5. The summed E-state index contributed by atoms with van der Waals surface area (Å²) >= 11 is 0. The summed E-state index contributed by atoms with van der Waals surface area (Å²) < 4.78 is 0. The molecule has 0 aromatic heterocycles. The molecular weight excluding hydrogens is 258 g/mol. The second-order valence-electron chi connectivity index (χ2n) is 6.57. The number of nitrogens with zero attached hydrogens (tertiary/aromatic N) is 2. The lowest BCUT2D eigenvalue weighted by Gasteiger charge is -2.34. The highest BCUT2D eigenvalue weighted by Crippen LogP contribution is 2.21. The van der Waals surface area contributed by atoms with Crippen LogP contribution in [0, 0.1) is 5.92 Å². The highest BCUT2D eigenvalue weighted by Gasteiger charge is 2.20. The summed E-state index contributed by atoms with van der Waals surface area (Å²) in [7, 11) is 0. The number of hydrogen-bond donors (Lipinski definition) is 1. The first-order valence-corrected chi connectivity index (χ1v) is 8.59. The van der Waals surface area contributed by atoms with Crippen LogP contribution in [0.4, 0.5) is 0 Å². The third kappa shape index (κ3) is 4.80. The Hall–Kier alpha value is -0.900. The van der Waals surface area contributed by atoms with Crippen LogP contribution in [0.5, 0.6) is 0 Å². The Kier molecular flexibility index (Phi) is 5.67. The first-order valence-electron chi connectivity index (χ1n) is 8.59. The van der Waals surface area contributed by atoms with E-state index in [9.17, 15) is 0 Å². The summed E-state index contributed by atoms with van der Waals surface area (Å²) in [5.74, 6) is 0.892. The number of benzene rings is 1. The van der Waals surface area contributed by atoms with E-state index in [1.807, 2.05) is 0 Å². The van der Waals surface area contributed by atoms with Gasteiger partial charge in [0.1, 0.15) is 0 Å². The van der Waals surface area contributed by atoms with Gasteiger partial charge in [-0.25, -0.2) is 0 Å². The Morgan fingerprint density at radius 2 is 1.48 bits per heavy atom. The van der Waals surface area contributed by atoms with E-state index in [1.54, 1.807) is 0 Å². The summed E-state index contributed by atoms with van der Waals surface area (Å²) in [5, 5.41) is 3.43. The lowest BCUT2D eigenvalue weighted by Crippen LogP contribution is -2.47. The quantitative estimate of drug-likeness (QED) is 0.891. The van der Waals surface area contributed by atoms with Gasteiger partial charge < -0.3 is 10.2 Å². The second-order valence-corrected chi connectivity index (χ2v) is 6.57. The van der Waals surface area contributed by atoms with Crippen LogP contribution in [0.25, 0.3) is 0 Å². The van der Waals surface area contributed by atoms with Gasteiger partial charge in [0.15, 0.2) is 0 Å². The van der Waals surface area contributed by atoms with Gasteiger partial charge in [0.2, 0.25) is 0 Å². The van der Waals surface area contributed by atoms with Gasteiger partial charge in [-0.3, -0.25) is 4.90 Å². The monoisotopic (exact) mass is 287 g/mol. The minimum atomic E-state index is 0.892. The number of hydrogen-bond acceptors (Lipinski definition) is 3. The molecule has 21 heavy (non-hydrogen) atoms. The van der Waals surface area contributed by atoms with Gasteiger partial charge in [-0.2, -0.15) is 0 Å². The van der Waals surface area contributed by atoms with Crippen molar-refractivity contribution in [2.45, 2.75) is 19.3 Å². The largest absolute Gasteiger partial charge is 0.314 e. The molecule has 2 heterocycles. The molecule has 1 N–H and O–H groups in total. The van der Waals surface area contributed by atoms with Crippen molar-refractivity contribution in [3.8, 4) is 0 Å². The maximum atomic E-state index is 3.43. The Morgan fingerprint density at radius 3 is 2.14 bits per heavy atom. The second kappa shape index (κ2) is 7.92. The highest BCUT2D eigenvalue weighted by molar-refractivity contribution is 5.15. The zero-order valence-corrected chi connectivity index (χ0v) is 13.1. The minimum Gasteiger partial charge on any atom is -0.314 e. The summed E-state index contributed by atoms with van der Waals surface area (Å²) in [6.07, 6.45) is 4.01. The molecule has 1 aromatic carbocycles. The molecule has 0 unspecified atom stereocenters. The maximum Gasteiger partial charge on any atom is 0.0110 e. The first-order chi connectivity index (χ1) is 10.4. The Morgan fingerprint density at radius 1 is 0.857 bits per heavy atom. The number of likely N-dealkylation sites (tertiary alicyclic amines) is 1. The molecule has 116 valence electrons. The lowest BCUT2D eigenvalue weighted by atomic mass is 9.90. The molecule has 0 saturated carbocycles. The van der Waals surface area contributed by atoms with Crippen LogP contribution in [0.15, 0.2) is 30.3 Å². The van der Waals surface area contributed by atoms with E-state index in [2.05, 4.69) is 45.4 Å². The number of piperidine rings is 1. The minimum absolute atomic E-state index is 0.892. The molecule has 3 rings (SSSR count). The highest BCUT2D eigenvalue weighted by atomic mass is 15.2. The Labute approximate surface area is 129 Å². The predicted octanol–water partition coefficient (Wildman–Crippen LogP) is 1.85. The molecule has 1 aromatic rings. The average molecular weight is 287 g/mol. The molecule has 0 atom stereocenters. The number of rotatable bonds is 5. The molecule has 0 spiro atoms. The van der Waals surface area contributed by atoms with Crippen molar-refractivity contribution < 1.29 is 0 Å². The molecule has 0 radical (unpaired) electrons. The van der Waals surface area contributed by atoms with Crippen LogP contribution >= 0.6 is 0 Å². The van der Waals surface area contributed by atoms with Gasteiger partial charge in [0, 0.05) is 39.3 Å². The fourth-order valence-electron chi connectivity index (χ4n) is 3.58. The van der Waals surface area contributed by atoms with Gasteiger partial charge in [-0.1, -0.05) is 30.3 Å². The van der Waals surface area contributed by atoms with Gasteiger partial charge in [-0.15, -0.1) is 0 Å². The van der Waals surface area contributed by atoms with Gasteiger partial charge in [0.25, 0.3) is 0 Å². The van der Waals surface area contributed by atoms with Gasteiger partial charge in [0.05, 0.1) is 0 Å². The summed E-state index contributed by atoms with van der Waals surface area (Å²) in [6, 6.07) is 11.0. The van der Waals surface area contributed by atoms with Crippen LogP contribution in [0.2, 0.25) is 0 Å². The van der Waals surface area contributed by atoms with Crippen molar-refractivity contribution in [1.29, 1.82) is 0 Å². The fourth-order valence-corrected chi connectivity index (χ4v) is 3.58. The Bertz CT molecular complexity index is 392. The smallest absolute Gasteiger partial charge is 0.0110 e. The van der Waals surface area contributed by atoms with E-state index in [4.69, 9.17) is 0 Å². The van der Waals surface area contributed by atoms with E-state index in [-0.39, 0.29) is 0 Å². The summed E-state index contributed by atoms with van der Waals surface area (Å²) in [5.41, 5.74) is 1.51. The fraction of sp³-hybridized carbons (Fsp3) is 0.667. The van der Waals surface area contributed by atoms with Crippen molar-refractivity contribution in [1.82, 2.24) is 15.1 Å². The molecule has 2 aliphatic heterocycles. The molecule has 0 amide bonds. The molecule has 3 nitrogen and oxygen atoms in total. The summed E-state index contributed by atoms with van der Waals surface area (Å²) in [6.45, 7) is 9.89. The van der Waals surface area contributed by atoms with E-state index in [1.165, 1.54) is 77.2 Å². The third-order valence-corrected chi connectivity index (χ3v) is 5.02. The molecule has 3 heteroatoms. The number of piperazine rings is 1. The van der Waals surface area contributed by atoms with Crippen LogP contribution in [-0.4, -0.2) is 62.2 Å². The van der Waals surface area contributed by atoms with Gasteiger partial charge in [-0.05, 0) is 43.8 Å². The lowest BCUT2D eigenvalue weighted by molar-refractivity contribution is 0.149. The zero-order chi connectivity index (χ0) is 14.3. The third-order valence-electron chi connectivity index (χ3n) is 5.02. The van der Waals surface area contributed by atoms with Crippen molar-refractivity contribution >= 4 is 0 Å². The predicted molar refractivity (Wildman–Crippen MR) is 88.6 cm³/mol. The van der Waals surface area contributed by atoms with Crippen LogP contribution < -0.4 is 5.32 Å². The molecule has 0 bridgehead atoms. The van der Waals surface area contributed by atoms with E-state index >= 15 is 0 Å². The SMILES string of the molecule is c1ccc(CC2CCN(CCN3CCNCC3)CC2)cc1. The molecule has 2 fully saturated rings. The molecule has 2 aliphatic rings. The van der Waals surface area contributed by atoms with Crippen LogP contribution in [-0.2, 0) is 6.42 Å². The van der Waals surface area contributed by atoms with Gasteiger partial charge >= 0.3 is 0 Å². The standard InChI is InChI=1S/C18H29N3/c1-2-4-17(5-3-1)16-18-6-10-20(11-7-18)14-15-21-12-8-19-9-13-21/h1-5,18-19H,6-16H2. The van der Waals surface area contributed by atoms with Crippen LogP contribution in [0.3, 0.4) is 0 Å². The molecular formula is C18H29N3. The van der Waals surface area contributed by atoms with Crippen molar-refractivity contribution in [3.63, 3.8) is 0 Å². The first kappa shape index (κ1) is 15.0. The van der Waals surface area contributed by atoms with Crippen LogP contribution in [0.1, 0.15) is 18.4 Å². The van der Waals surface area contributed by atoms with E-state index in [0.29, 0.717) is 0 Å². The van der Waals surface area contributed by atoms with Crippen molar-refractivity contribution in [2.24, 2.45) is 5.92 Å². The molecule has 0 aliphatic carbocycles. The molecule has 2 saturated heterocycles. The topological polar surface area (TPSA) is 18.5 Å².